The number of hydrogen-bond donors (Lipinski definition) is 1. The maximum Gasteiger partial charge on any atom is 0.248 e. The summed E-state index contributed by atoms with van der Waals surface area (Å²) in [6, 6.07) is 9.65. The average molecular weight is 611 g/mol. The molecule has 39 heavy (non-hydrogen) atoms. The Morgan fingerprint density at radius 3 is 2.62 bits per heavy atom. The van der Waals surface area contributed by atoms with Gasteiger partial charge in [-0.2, -0.15) is 0 Å². The summed E-state index contributed by atoms with van der Waals surface area (Å²) in [5.74, 6) is -0.776. The van der Waals surface area contributed by atoms with Crippen molar-refractivity contribution in [3.63, 3.8) is 0 Å². The molecule has 9 nitrogen and oxygen atoms in total. The lowest BCUT2D eigenvalue weighted by Crippen LogP contribution is -2.44. The normalized spacial score (nSPS) is 17.0. The molecule has 3 aromatic heterocycles. The monoisotopic (exact) mass is 610 g/mol. The summed E-state index contributed by atoms with van der Waals surface area (Å²) < 4.78 is 16.6. The molecule has 2 amide bonds. The Morgan fingerprint density at radius 2 is 1.92 bits per heavy atom. The number of pyridine rings is 1. The number of hydrogen-bond acceptors (Lipinski definition) is 7. The molecule has 4 heterocycles. The predicted molar refractivity (Wildman–Crippen MR) is 150 cm³/mol. The number of nitrogens with one attached hydrogen (secondary N) is 1. The van der Waals surface area contributed by atoms with Crippen molar-refractivity contribution in [2.24, 2.45) is 0 Å². The summed E-state index contributed by atoms with van der Waals surface area (Å²) in [6.07, 6.45) is 5.56. The van der Waals surface area contributed by atoms with Gasteiger partial charge in [-0.05, 0) is 58.9 Å². The van der Waals surface area contributed by atoms with Crippen LogP contribution in [0.5, 0.6) is 0 Å². The topological polar surface area (TPSA) is 110 Å². The molecule has 1 N–H and O–H groups in total. The Morgan fingerprint density at radius 1 is 1.15 bits per heavy atom. The van der Waals surface area contributed by atoms with Crippen LogP contribution in [0.2, 0.25) is 0 Å². The summed E-state index contributed by atoms with van der Waals surface area (Å²) in [5, 5.41) is 4.01. The van der Waals surface area contributed by atoms with E-state index >= 15 is 0 Å². The molecule has 5 rings (SSSR count). The number of aromatic nitrogens is 4. The van der Waals surface area contributed by atoms with Crippen molar-refractivity contribution in [3.8, 4) is 11.1 Å². The number of halogens is 2. The van der Waals surface area contributed by atoms with Crippen molar-refractivity contribution in [3.05, 3.63) is 65.2 Å². The number of fused-ring (bicyclic) bond motifs is 1. The van der Waals surface area contributed by atoms with E-state index in [9.17, 15) is 18.8 Å². The summed E-state index contributed by atoms with van der Waals surface area (Å²) in [4.78, 5) is 52.9. The Labute approximate surface area is 236 Å². The van der Waals surface area contributed by atoms with Crippen molar-refractivity contribution in [2.45, 2.75) is 37.3 Å². The van der Waals surface area contributed by atoms with Crippen LogP contribution >= 0.6 is 27.7 Å². The number of alkyl halides is 1. The number of thioether (sulfide) groups is 1. The smallest absolute Gasteiger partial charge is 0.248 e. The number of Topliss-reactive ketones (excluding diaryl/α,β-unsaturated/α-hetero) is 1. The van der Waals surface area contributed by atoms with E-state index in [-0.39, 0.29) is 25.3 Å². The molecule has 1 aliphatic rings. The number of anilines is 1. The van der Waals surface area contributed by atoms with Crippen LogP contribution < -0.4 is 5.32 Å². The van der Waals surface area contributed by atoms with Gasteiger partial charge in [-0.1, -0.05) is 23.9 Å². The molecule has 0 bridgehead atoms. The Bertz CT molecular complexity index is 1580. The first kappa shape index (κ1) is 26.9. The molecular weight excluding hydrogens is 587 g/mol. The summed E-state index contributed by atoms with van der Waals surface area (Å²) in [7, 11) is 0. The zero-order valence-corrected chi connectivity index (χ0v) is 23.5. The summed E-state index contributed by atoms with van der Waals surface area (Å²) in [5.41, 5.74) is 2.77. The van der Waals surface area contributed by atoms with Gasteiger partial charge in [-0.15, -0.1) is 0 Å². The van der Waals surface area contributed by atoms with Crippen molar-refractivity contribution < 1.29 is 18.8 Å². The van der Waals surface area contributed by atoms with Gasteiger partial charge in [0.2, 0.25) is 11.8 Å². The lowest BCUT2D eigenvalue weighted by atomic mass is 10.0. The van der Waals surface area contributed by atoms with E-state index in [0.29, 0.717) is 32.0 Å². The standard InChI is InChI=1S/C27H24BrFN6O3S/c1-15(36)20-13-34(21-7-6-16(8-19(20)21)17-10-30-27(39-2)31-11-17)14-25(37)35-12-18(29)9-22(35)26(38)33-24-5-3-4-23(28)32-24/h3-8,10-11,13,18,22H,9,12,14H2,1-2H3,(H,32,33,38)/t18-,22+/m1/s1. The maximum absolute atomic E-state index is 14.4. The Kier molecular flexibility index (Phi) is 7.76. The molecular formula is C27H24BrFN6O3S. The van der Waals surface area contributed by atoms with E-state index < -0.39 is 24.0 Å². The Hall–Kier alpha value is -3.64. The molecule has 200 valence electrons. The minimum atomic E-state index is -1.32. The van der Waals surface area contributed by atoms with Gasteiger partial charge in [-0.3, -0.25) is 14.4 Å². The third-order valence-corrected chi connectivity index (χ3v) is 7.57. The fourth-order valence-corrected chi connectivity index (χ4v) is 5.35. The summed E-state index contributed by atoms with van der Waals surface area (Å²) in [6.45, 7) is 1.13. The zero-order valence-electron chi connectivity index (χ0n) is 21.1. The van der Waals surface area contributed by atoms with Crippen LogP contribution in [0.4, 0.5) is 10.2 Å². The maximum atomic E-state index is 14.4. The molecule has 0 saturated carbocycles. The van der Waals surface area contributed by atoms with E-state index in [1.165, 1.54) is 23.6 Å². The van der Waals surface area contributed by atoms with Gasteiger partial charge in [0.05, 0.1) is 6.54 Å². The molecule has 12 heteroatoms. The molecule has 0 spiro atoms. The number of ketones is 1. The number of rotatable bonds is 7. The number of amides is 2. The highest BCUT2D eigenvalue weighted by atomic mass is 79.9. The fourth-order valence-electron chi connectivity index (χ4n) is 4.69. The van der Waals surface area contributed by atoms with Crippen molar-refractivity contribution in [1.29, 1.82) is 0 Å². The van der Waals surface area contributed by atoms with Crippen molar-refractivity contribution >= 4 is 62.0 Å². The van der Waals surface area contributed by atoms with E-state index in [1.807, 2.05) is 24.5 Å². The van der Waals surface area contributed by atoms with E-state index in [2.05, 4.69) is 36.2 Å². The highest BCUT2D eigenvalue weighted by molar-refractivity contribution is 9.10. The third-order valence-electron chi connectivity index (χ3n) is 6.55. The van der Waals surface area contributed by atoms with Crippen LogP contribution in [0.1, 0.15) is 23.7 Å². The Balaban J connectivity index is 1.40. The van der Waals surface area contributed by atoms with Gasteiger partial charge >= 0.3 is 0 Å². The first-order valence-electron chi connectivity index (χ1n) is 12.1. The highest BCUT2D eigenvalue weighted by Gasteiger charge is 2.40. The zero-order chi connectivity index (χ0) is 27.7. The van der Waals surface area contributed by atoms with Gasteiger partial charge in [-0.25, -0.2) is 19.3 Å². The lowest BCUT2D eigenvalue weighted by Gasteiger charge is -2.24. The first-order chi connectivity index (χ1) is 18.7. The molecule has 2 atom stereocenters. The van der Waals surface area contributed by atoms with Crippen LogP contribution in [0.3, 0.4) is 0 Å². The average Bonchev–Trinajstić information content (AvgIpc) is 3.49. The second-order valence-corrected chi connectivity index (χ2v) is 10.7. The van der Waals surface area contributed by atoms with Crippen LogP contribution in [-0.2, 0) is 16.1 Å². The number of benzene rings is 1. The van der Waals surface area contributed by atoms with E-state index in [0.717, 1.165) is 11.1 Å². The van der Waals surface area contributed by atoms with Crippen molar-refractivity contribution in [2.75, 3.05) is 18.1 Å². The van der Waals surface area contributed by atoms with Crippen LogP contribution in [0.15, 0.2) is 64.7 Å². The molecule has 0 radical (unpaired) electrons. The molecule has 0 aliphatic carbocycles. The quantitative estimate of drug-likeness (QED) is 0.139. The van der Waals surface area contributed by atoms with Gasteiger partial charge in [0.15, 0.2) is 10.9 Å². The largest absolute Gasteiger partial charge is 0.337 e. The van der Waals surface area contributed by atoms with Gasteiger partial charge in [0.1, 0.15) is 29.2 Å². The molecule has 1 aliphatic heterocycles. The number of likely N-dealkylation sites (tertiary alicyclic amines) is 1. The number of carbonyl (C=O) groups is 3. The van der Waals surface area contributed by atoms with Crippen molar-refractivity contribution in [1.82, 2.24) is 24.4 Å². The second kappa shape index (κ2) is 11.2. The van der Waals surface area contributed by atoms with Gasteiger partial charge in [0, 0.05) is 47.0 Å². The number of carbonyl (C=O) groups excluding carboxylic acids is 3. The SMILES string of the molecule is CSc1ncc(-c2ccc3c(c2)c(C(C)=O)cn3CC(=O)N2C[C@H](F)C[C@H]2C(=O)Nc2cccc(Br)n2)cn1. The van der Waals surface area contributed by atoms with Gasteiger partial charge in [0.25, 0.3) is 0 Å². The minimum absolute atomic E-state index is 0.0997. The highest BCUT2D eigenvalue weighted by Crippen LogP contribution is 2.29. The first-order valence-corrected chi connectivity index (χ1v) is 14.1. The summed E-state index contributed by atoms with van der Waals surface area (Å²) >= 11 is 4.70. The molecule has 1 saturated heterocycles. The van der Waals surface area contributed by atoms with E-state index in [4.69, 9.17) is 0 Å². The van der Waals surface area contributed by atoms with Gasteiger partial charge < -0.3 is 14.8 Å². The van der Waals surface area contributed by atoms with Crippen LogP contribution in [0.25, 0.3) is 22.0 Å². The van der Waals surface area contributed by atoms with Crippen LogP contribution in [0, 0.1) is 0 Å². The molecule has 0 unspecified atom stereocenters. The fraction of sp³-hybridized carbons (Fsp3) is 0.259. The second-order valence-electron chi connectivity index (χ2n) is 9.15. The third kappa shape index (κ3) is 5.71. The molecule has 1 aromatic carbocycles. The predicted octanol–water partition coefficient (Wildman–Crippen LogP) is 4.76. The lowest BCUT2D eigenvalue weighted by molar-refractivity contribution is -0.137. The van der Waals surface area contributed by atoms with Crippen LogP contribution in [-0.4, -0.2) is 67.0 Å². The number of nitrogens with zero attached hydrogens (tertiary/aromatic N) is 5. The van der Waals surface area contributed by atoms with E-state index in [1.54, 1.807) is 41.4 Å². The minimum Gasteiger partial charge on any atom is -0.337 e. The molecule has 1 fully saturated rings. The molecule has 4 aromatic rings.